The molecule has 0 aliphatic carbocycles. The lowest BCUT2D eigenvalue weighted by molar-refractivity contribution is -0.511. The van der Waals surface area contributed by atoms with Crippen molar-refractivity contribution in [2.24, 2.45) is 0 Å². The summed E-state index contributed by atoms with van der Waals surface area (Å²) in [5.74, 6) is 0.225. The zero-order chi connectivity index (χ0) is 12.5. The highest BCUT2D eigenvalue weighted by molar-refractivity contribution is 9.10. The van der Waals surface area contributed by atoms with Crippen molar-refractivity contribution in [2.75, 3.05) is 0 Å². The fourth-order valence-corrected chi connectivity index (χ4v) is 2.47. The van der Waals surface area contributed by atoms with E-state index in [0.717, 1.165) is 10.0 Å². The third-order valence-electron chi connectivity index (χ3n) is 3.28. The van der Waals surface area contributed by atoms with Crippen molar-refractivity contribution in [3.63, 3.8) is 0 Å². The van der Waals surface area contributed by atoms with E-state index in [2.05, 4.69) is 33.4 Å². The molecule has 1 aliphatic heterocycles. The van der Waals surface area contributed by atoms with Crippen LogP contribution in [0.1, 0.15) is 22.0 Å². The van der Waals surface area contributed by atoms with Crippen molar-refractivity contribution >= 4 is 21.7 Å². The van der Waals surface area contributed by atoms with E-state index in [1.165, 1.54) is 5.56 Å². The van der Waals surface area contributed by atoms with Gasteiger partial charge in [-0.1, -0.05) is 58.4 Å². The molecule has 0 radical (unpaired) electrons. The van der Waals surface area contributed by atoms with Gasteiger partial charge in [0.15, 0.2) is 6.04 Å². The molecule has 0 aromatic heterocycles. The van der Waals surface area contributed by atoms with Crippen LogP contribution >= 0.6 is 15.9 Å². The number of benzene rings is 2. The molecule has 1 saturated heterocycles. The number of carbonyl (C=O) groups is 1. The molecule has 2 atom stereocenters. The molecule has 3 rings (SSSR count). The molecule has 90 valence electrons. The first-order chi connectivity index (χ1) is 8.75. The molecule has 0 amide bonds. The summed E-state index contributed by atoms with van der Waals surface area (Å²) >= 11 is 3.42. The first-order valence-corrected chi connectivity index (χ1v) is 6.75. The van der Waals surface area contributed by atoms with E-state index in [1.54, 1.807) is 0 Å². The SMILES string of the molecule is O=C(c1ccccc1)[C@H]1[NH2+][C@@H]1c1ccc(Br)cc1. The van der Waals surface area contributed by atoms with Gasteiger partial charge in [-0.2, -0.15) is 0 Å². The zero-order valence-electron chi connectivity index (χ0n) is 9.71. The Balaban J connectivity index is 1.75. The molecule has 0 saturated carbocycles. The van der Waals surface area contributed by atoms with Gasteiger partial charge in [-0.15, -0.1) is 0 Å². The van der Waals surface area contributed by atoms with Crippen LogP contribution in [-0.2, 0) is 0 Å². The average Bonchev–Trinajstić information content (AvgIpc) is 3.20. The second kappa shape index (κ2) is 4.67. The normalized spacial score (nSPS) is 21.6. The first kappa shape index (κ1) is 11.6. The summed E-state index contributed by atoms with van der Waals surface area (Å²) in [5.41, 5.74) is 2.02. The summed E-state index contributed by atoms with van der Waals surface area (Å²) in [6.45, 7) is 0. The lowest BCUT2D eigenvalue weighted by atomic mass is 10.0. The summed E-state index contributed by atoms with van der Waals surface area (Å²) in [4.78, 5) is 12.2. The predicted octanol–water partition coefficient (Wildman–Crippen LogP) is 2.32. The van der Waals surface area contributed by atoms with Gasteiger partial charge in [-0.05, 0) is 12.1 Å². The average molecular weight is 303 g/mol. The standard InChI is InChI=1S/C15H12BrNO/c16-12-8-6-10(7-9-12)13-14(17-13)15(18)11-4-2-1-3-5-11/h1-9,13-14,17H/p+1/t13-,14+/m1/s1. The number of quaternary nitrogens is 1. The summed E-state index contributed by atoms with van der Waals surface area (Å²) in [6, 6.07) is 18.0. The maximum atomic E-state index is 12.2. The Kier molecular flexibility index (Phi) is 3.02. The number of rotatable bonds is 3. The summed E-state index contributed by atoms with van der Waals surface area (Å²) in [5, 5.41) is 2.11. The second-order valence-electron chi connectivity index (χ2n) is 4.53. The van der Waals surface area contributed by atoms with Gasteiger partial charge in [0.25, 0.3) is 0 Å². The van der Waals surface area contributed by atoms with Gasteiger partial charge in [0.2, 0.25) is 11.8 Å². The topological polar surface area (TPSA) is 33.7 Å². The molecule has 0 spiro atoms. The van der Waals surface area contributed by atoms with Gasteiger partial charge < -0.3 is 5.32 Å². The fourth-order valence-electron chi connectivity index (χ4n) is 2.21. The van der Waals surface area contributed by atoms with Crippen LogP contribution in [0.4, 0.5) is 0 Å². The third-order valence-corrected chi connectivity index (χ3v) is 3.81. The Morgan fingerprint density at radius 2 is 1.67 bits per heavy atom. The van der Waals surface area contributed by atoms with E-state index in [4.69, 9.17) is 0 Å². The van der Waals surface area contributed by atoms with Crippen molar-refractivity contribution in [1.29, 1.82) is 0 Å². The van der Waals surface area contributed by atoms with Gasteiger partial charge in [0.1, 0.15) is 0 Å². The lowest BCUT2D eigenvalue weighted by Crippen LogP contribution is -2.62. The second-order valence-corrected chi connectivity index (χ2v) is 5.44. The Hall–Kier alpha value is -1.45. The Bertz CT molecular complexity index is 565. The molecule has 0 bridgehead atoms. The minimum Gasteiger partial charge on any atom is -0.320 e. The van der Waals surface area contributed by atoms with Gasteiger partial charge in [0.05, 0.1) is 0 Å². The largest absolute Gasteiger partial charge is 0.320 e. The smallest absolute Gasteiger partial charge is 0.226 e. The molecule has 1 heterocycles. The Morgan fingerprint density at radius 1 is 1.00 bits per heavy atom. The van der Waals surface area contributed by atoms with E-state index in [1.807, 2.05) is 42.5 Å². The molecule has 18 heavy (non-hydrogen) atoms. The minimum atomic E-state index is 0.0496. The van der Waals surface area contributed by atoms with Crippen molar-refractivity contribution in [3.8, 4) is 0 Å². The van der Waals surface area contributed by atoms with Gasteiger partial charge in [0, 0.05) is 15.6 Å². The first-order valence-electron chi connectivity index (χ1n) is 5.95. The zero-order valence-corrected chi connectivity index (χ0v) is 11.3. The maximum absolute atomic E-state index is 12.2. The van der Waals surface area contributed by atoms with Gasteiger partial charge >= 0.3 is 0 Å². The van der Waals surface area contributed by atoms with Crippen LogP contribution in [-0.4, -0.2) is 11.8 Å². The van der Waals surface area contributed by atoms with Crippen LogP contribution < -0.4 is 5.32 Å². The molecular formula is C15H13BrNO+. The lowest BCUT2D eigenvalue weighted by Gasteiger charge is -1.95. The van der Waals surface area contributed by atoms with Crippen LogP contribution in [0.3, 0.4) is 0 Å². The highest BCUT2D eigenvalue weighted by Gasteiger charge is 2.50. The third kappa shape index (κ3) is 2.24. The molecule has 1 aliphatic rings. The number of nitrogens with two attached hydrogens (primary N) is 1. The molecule has 2 aromatic rings. The number of hydrogen-bond acceptors (Lipinski definition) is 1. The minimum absolute atomic E-state index is 0.0496. The Morgan fingerprint density at radius 3 is 2.33 bits per heavy atom. The monoisotopic (exact) mass is 302 g/mol. The van der Waals surface area contributed by atoms with Gasteiger partial charge in [-0.25, -0.2) is 0 Å². The van der Waals surface area contributed by atoms with Crippen LogP contribution in [0.2, 0.25) is 0 Å². The summed E-state index contributed by atoms with van der Waals surface area (Å²) in [6.07, 6.45) is 0. The fraction of sp³-hybridized carbons (Fsp3) is 0.133. The maximum Gasteiger partial charge on any atom is 0.226 e. The van der Waals surface area contributed by atoms with E-state index in [-0.39, 0.29) is 17.9 Å². The quantitative estimate of drug-likeness (QED) is 0.685. The van der Waals surface area contributed by atoms with Crippen molar-refractivity contribution in [3.05, 3.63) is 70.2 Å². The van der Waals surface area contributed by atoms with E-state index >= 15 is 0 Å². The van der Waals surface area contributed by atoms with Crippen molar-refractivity contribution in [1.82, 2.24) is 0 Å². The van der Waals surface area contributed by atoms with Crippen LogP contribution in [0, 0.1) is 0 Å². The van der Waals surface area contributed by atoms with E-state index in [9.17, 15) is 4.79 Å². The molecule has 2 N–H and O–H groups in total. The van der Waals surface area contributed by atoms with Crippen molar-refractivity contribution in [2.45, 2.75) is 12.1 Å². The number of carbonyl (C=O) groups excluding carboxylic acids is 1. The molecule has 2 aromatic carbocycles. The van der Waals surface area contributed by atoms with Gasteiger partial charge in [-0.3, -0.25) is 4.79 Å². The molecule has 3 heteroatoms. The van der Waals surface area contributed by atoms with Crippen LogP contribution in [0.5, 0.6) is 0 Å². The van der Waals surface area contributed by atoms with Crippen LogP contribution in [0.15, 0.2) is 59.1 Å². The predicted molar refractivity (Wildman–Crippen MR) is 73.4 cm³/mol. The molecule has 0 unspecified atom stereocenters. The summed E-state index contributed by atoms with van der Waals surface area (Å²) < 4.78 is 1.07. The highest BCUT2D eigenvalue weighted by Crippen LogP contribution is 2.24. The molecule has 1 fully saturated rings. The molecule has 2 nitrogen and oxygen atoms in total. The molecular weight excluding hydrogens is 290 g/mol. The number of Topliss-reactive ketones (excluding diaryl/α,β-unsaturated/α-hetero) is 1. The summed E-state index contributed by atoms with van der Waals surface area (Å²) in [7, 11) is 0. The van der Waals surface area contributed by atoms with E-state index < -0.39 is 0 Å². The highest BCUT2D eigenvalue weighted by atomic mass is 79.9. The number of halogens is 1. The van der Waals surface area contributed by atoms with Crippen LogP contribution in [0.25, 0.3) is 0 Å². The number of ketones is 1. The van der Waals surface area contributed by atoms with Crippen molar-refractivity contribution < 1.29 is 10.1 Å². The Labute approximate surface area is 114 Å². The number of hydrogen-bond donors (Lipinski definition) is 1. The van der Waals surface area contributed by atoms with E-state index in [0.29, 0.717) is 0 Å².